The summed E-state index contributed by atoms with van der Waals surface area (Å²) in [5, 5.41) is 0.945. The highest BCUT2D eigenvalue weighted by molar-refractivity contribution is 6.10. The Bertz CT molecular complexity index is 576. The van der Waals surface area contributed by atoms with Crippen LogP contribution in [0.15, 0.2) is 28.7 Å². The topological polar surface area (TPSA) is 30.2 Å². The van der Waals surface area contributed by atoms with Crippen molar-refractivity contribution < 1.29 is 9.21 Å². The summed E-state index contributed by atoms with van der Waals surface area (Å²) in [5.41, 5.74) is 1.25. The molecule has 2 heteroatoms. The maximum absolute atomic E-state index is 12.7. The number of Topliss-reactive ketones (excluding diaryl/α,β-unsaturated/α-hetero) is 1. The molecule has 0 saturated carbocycles. The minimum absolute atomic E-state index is 0.187. The van der Waals surface area contributed by atoms with E-state index in [1.165, 1.54) is 0 Å². The molecular formula is C16H20O2. The van der Waals surface area contributed by atoms with Gasteiger partial charge in [0.05, 0.1) is 5.56 Å². The molecule has 2 nitrogen and oxygen atoms in total. The smallest absolute Gasteiger partial charge is 0.172 e. The fourth-order valence-electron chi connectivity index (χ4n) is 2.09. The molecule has 2 rings (SSSR count). The number of aryl methyl sites for hydroxylation is 1. The van der Waals surface area contributed by atoms with Gasteiger partial charge in [0.1, 0.15) is 11.3 Å². The first-order valence-electron chi connectivity index (χ1n) is 6.56. The third-order valence-electron chi connectivity index (χ3n) is 3.72. The van der Waals surface area contributed by atoms with Gasteiger partial charge in [-0.25, -0.2) is 0 Å². The zero-order valence-corrected chi connectivity index (χ0v) is 11.5. The molecule has 0 atom stereocenters. The first kappa shape index (κ1) is 12.9. The van der Waals surface area contributed by atoms with Crippen molar-refractivity contribution in [3.63, 3.8) is 0 Å². The second-order valence-corrected chi connectivity index (χ2v) is 5.32. The summed E-state index contributed by atoms with van der Waals surface area (Å²) in [7, 11) is 0. The van der Waals surface area contributed by atoms with Gasteiger partial charge in [-0.15, -0.1) is 0 Å². The van der Waals surface area contributed by atoms with Gasteiger partial charge < -0.3 is 4.42 Å². The largest absolute Gasteiger partial charge is 0.460 e. The van der Waals surface area contributed by atoms with Gasteiger partial charge in [0.2, 0.25) is 0 Å². The second kappa shape index (κ2) is 4.60. The van der Waals surface area contributed by atoms with Crippen LogP contribution in [0.4, 0.5) is 0 Å². The monoisotopic (exact) mass is 244 g/mol. The Hall–Kier alpha value is -1.57. The van der Waals surface area contributed by atoms with Crippen molar-refractivity contribution in [2.45, 2.75) is 40.5 Å². The normalized spacial score (nSPS) is 12.0. The average molecular weight is 244 g/mol. The molecule has 1 aromatic heterocycles. The van der Waals surface area contributed by atoms with Gasteiger partial charge in [-0.1, -0.05) is 45.9 Å². The van der Waals surface area contributed by atoms with Crippen LogP contribution in [0.3, 0.4) is 0 Å². The minimum atomic E-state index is -0.337. The number of benzene rings is 1. The van der Waals surface area contributed by atoms with Crippen LogP contribution >= 0.6 is 0 Å². The lowest BCUT2D eigenvalue weighted by Crippen LogP contribution is -2.24. The highest BCUT2D eigenvalue weighted by atomic mass is 16.3. The van der Waals surface area contributed by atoms with Crippen molar-refractivity contribution in [2.24, 2.45) is 5.41 Å². The highest BCUT2D eigenvalue weighted by Gasteiger charge is 2.31. The number of carbonyl (C=O) groups is 1. The number of rotatable bonds is 4. The van der Waals surface area contributed by atoms with Gasteiger partial charge in [-0.05, 0) is 12.5 Å². The van der Waals surface area contributed by atoms with E-state index >= 15 is 0 Å². The van der Waals surface area contributed by atoms with Crippen molar-refractivity contribution in [3.05, 3.63) is 35.6 Å². The summed E-state index contributed by atoms with van der Waals surface area (Å²) in [6.07, 6.45) is 1.57. The highest BCUT2D eigenvalue weighted by Crippen LogP contribution is 2.33. The van der Waals surface area contributed by atoms with Crippen molar-refractivity contribution >= 4 is 16.8 Å². The quantitative estimate of drug-likeness (QED) is 0.735. The molecule has 1 aromatic carbocycles. The minimum Gasteiger partial charge on any atom is -0.460 e. The van der Waals surface area contributed by atoms with E-state index in [9.17, 15) is 4.79 Å². The van der Waals surface area contributed by atoms with E-state index in [2.05, 4.69) is 0 Å². The van der Waals surface area contributed by atoms with E-state index in [4.69, 9.17) is 4.42 Å². The summed E-state index contributed by atoms with van der Waals surface area (Å²) in [5.74, 6) is 0.995. The number of fused-ring (bicyclic) bond motifs is 1. The molecule has 0 aliphatic rings. The summed E-state index contributed by atoms with van der Waals surface area (Å²) >= 11 is 0. The van der Waals surface area contributed by atoms with Crippen LogP contribution in [-0.2, 0) is 6.42 Å². The third-order valence-corrected chi connectivity index (χ3v) is 3.72. The van der Waals surface area contributed by atoms with E-state index < -0.39 is 0 Å². The summed E-state index contributed by atoms with van der Waals surface area (Å²) in [4.78, 5) is 12.7. The summed E-state index contributed by atoms with van der Waals surface area (Å²) in [6.45, 7) is 8.06. The van der Waals surface area contributed by atoms with E-state index in [0.29, 0.717) is 0 Å². The zero-order valence-electron chi connectivity index (χ0n) is 11.5. The zero-order chi connectivity index (χ0) is 13.3. The van der Waals surface area contributed by atoms with E-state index in [1.807, 2.05) is 52.0 Å². The van der Waals surface area contributed by atoms with Gasteiger partial charge in [0.15, 0.2) is 5.78 Å². The van der Waals surface area contributed by atoms with Gasteiger partial charge in [-0.3, -0.25) is 4.79 Å². The SMILES string of the molecule is CCc1oc2ccccc2c1C(=O)C(C)(C)CC. The van der Waals surface area contributed by atoms with Crippen LogP contribution in [0.5, 0.6) is 0 Å². The summed E-state index contributed by atoms with van der Waals surface area (Å²) < 4.78 is 5.79. The standard InChI is InChI=1S/C16H20O2/c1-5-12-14(15(17)16(3,4)6-2)11-9-7-8-10-13(11)18-12/h7-10H,5-6H2,1-4H3. The van der Waals surface area contributed by atoms with Gasteiger partial charge in [-0.2, -0.15) is 0 Å². The van der Waals surface area contributed by atoms with Gasteiger partial charge >= 0.3 is 0 Å². The molecule has 0 aliphatic heterocycles. The van der Waals surface area contributed by atoms with Crippen LogP contribution in [0.25, 0.3) is 11.0 Å². The van der Waals surface area contributed by atoms with Crippen LogP contribution < -0.4 is 0 Å². The van der Waals surface area contributed by atoms with Crippen molar-refractivity contribution in [2.75, 3.05) is 0 Å². The molecule has 0 N–H and O–H groups in total. The second-order valence-electron chi connectivity index (χ2n) is 5.32. The average Bonchev–Trinajstić information content (AvgIpc) is 2.76. The van der Waals surface area contributed by atoms with E-state index in [-0.39, 0.29) is 11.2 Å². The summed E-state index contributed by atoms with van der Waals surface area (Å²) in [6, 6.07) is 7.78. The van der Waals surface area contributed by atoms with E-state index in [1.54, 1.807) is 0 Å². The Morgan fingerprint density at radius 2 is 1.89 bits per heavy atom. The molecule has 0 fully saturated rings. The molecule has 0 bridgehead atoms. The fraction of sp³-hybridized carbons (Fsp3) is 0.438. The van der Waals surface area contributed by atoms with Gasteiger partial charge in [0, 0.05) is 17.2 Å². The predicted molar refractivity (Wildman–Crippen MR) is 74.0 cm³/mol. The van der Waals surface area contributed by atoms with Crippen LogP contribution in [0, 0.1) is 5.41 Å². The molecule has 0 unspecified atom stereocenters. The first-order valence-corrected chi connectivity index (χ1v) is 6.56. The van der Waals surface area contributed by atoms with Crippen LogP contribution in [-0.4, -0.2) is 5.78 Å². The van der Waals surface area contributed by atoms with Crippen molar-refractivity contribution in [3.8, 4) is 0 Å². The van der Waals surface area contributed by atoms with Crippen molar-refractivity contribution in [1.82, 2.24) is 0 Å². The number of furan rings is 1. The maximum atomic E-state index is 12.7. The molecule has 0 amide bonds. The molecular weight excluding hydrogens is 224 g/mol. The Labute approximate surface area is 108 Å². The molecule has 0 spiro atoms. The first-order chi connectivity index (χ1) is 8.51. The molecule has 2 aromatic rings. The number of hydrogen-bond donors (Lipinski definition) is 0. The molecule has 18 heavy (non-hydrogen) atoms. The number of ketones is 1. The molecule has 1 heterocycles. The fourth-order valence-corrected chi connectivity index (χ4v) is 2.09. The molecule has 0 saturated heterocycles. The third kappa shape index (κ3) is 1.96. The molecule has 96 valence electrons. The van der Waals surface area contributed by atoms with Crippen LogP contribution in [0.2, 0.25) is 0 Å². The Balaban J connectivity index is 2.65. The van der Waals surface area contributed by atoms with E-state index in [0.717, 1.165) is 35.1 Å². The Kier molecular flexibility index (Phi) is 3.29. The van der Waals surface area contributed by atoms with Crippen LogP contribution in [0.1, 0.15) is 50.2 Å². The predicted octanol–water partition coefficient (Wildman–Crippen LogP) is 4.61. The van der Waals surface area contributed by atoms with Gasteiger partial charge in [0.25, 0.3) is 0 Å². The Morgan fingerprint density at radius 1 is 1.22 bits per heavy atom. The lowest BCUT2D eigenvalue weighted by molar-refractivity contribution is 0.0832. The number of hydrogen-bond acceptors (Lipinski definition) is 2. The number of carbonyl (C=O) groups excluding carboxylic acids is 1. The lowest BCUT2D eigenvalue weighted by atomic mass is 9.81. The molecule has 0 aliphatic carbocycles. The maximum Gasteiger partial charge on any atom is 0.172 e. The lowest BCUT2D eigenvalue weighted by Gasteiger charge is -2.20. The van der Waals surface area contributed by atoms with Crippen molar-refractivity contribution in [1.29, 1.82) is 0 Å². The number of para-hydroxylation sites is 1. The molecule has 0 radical (unpaired) electrons. The Morgan fingerprint density at radius 3 is 2.50 bits per heavy atom.